The Kier molecular flexibility index (Phi) is 7.87. The Bertz CT molecular complexity index is 785. The van der Waals surface area contributed by atoms with Gasteiger partial charge in [-0.2, -0.15) is 4.31 Å². The van der Waals surface area contributed by atoms with Crippen LogP contribution in [0.3, 0.4) is 0 Å². The van der Waals surface area contributed by atoms with Crippen molar-refractivity contribution in [2.45, 2.75) is 17.5 Å². The Labute approximate surface area is 163 Å². The topological polar surface area (TPSA) is 109 Å². The second kappa shape index (κ2) is 9.92. The quantitative estimate of drug-likeness (QED) is 0.333. The van der Waals surface area contributed by atoms with Crippen LogP contribution in [0.25, 0.3) is 0 Å². The molecule has 2 amide bonds. The number of halogens is 1. The normalized spacial score (nSPS) is 17.6. The number of carbonyl (C=O) groups is 2. The Balaban J connectivity index is 1.88. The molecule has 11 heteroatoms. The Hall–Kier alpha value is -2.08. The van der Waals surface area contributed by atoms with Crippen LogP contribution in [0.5, 0.6) is 0 Å². The standard InChI is InChI=1S/C17H25FN4O5S/c1-21(2)9-3-8-19-16(23)17(24)20-12-15-22(10-11-27-15)28(25,26)14-6-4-13(18)5-7-14/h4-7,15H,3,8-12H2,1-2H3,(H,19,23)(H,20,24)/p+1/t15-/m1/s1. The maximum absolute atomic E-state index is 13.0. The maximum Gasteiger partial charge on any atom is 0.309 e. The molecule has 1 saturated heterocycles. The molecule has 1 heterocycles. The molecule has 0 spiro atoms. The highest BCUT2D eigenvalue weighted by atomic mass is 32.2. The summed E-state index contributed by atoms with van der Waals surface area (Å²) in [5, 5.41) is 4.90. The highest BCUT2D eigenvalue weighted by Gasteiger charge is 2.36. The van der Waals surface area contributed by atoms with E-state index in [0.717, 1.165) is 29.4 Å². The number of amides is 2. The molecule has 1 aromatic carbocycles. The molecule has 9 nitrogen and oxygen atoms in total. The van der Waals surface area contributed by atoms with E-state index in [1.807, 2.05) is 14.1 Å². The number of benzene rings is 1. The molecule has 1 aliphatic heterocycles. The fourth-order valence-electron chi connectivity index (χ4n) is 2.67. The number of rotatable bonds is 8. The van der Waals surface area contributed by atoms with E-state index in [9.17, 15) is 22.4 Å². The molecule has 0 saturated carbocycles. The minimum absolute atomic E-state index is 0.0727. The van der Waals surface area contributed by atoms with E-state index < -0.39 is 33.9 Å². The second-order valence-electron chi connectivity index (χ2n) is 6.67. The summed E-state index contributed by atoms with van der Waals surface area (Å²) >= 11 is 0. The molecule has 0 unspecified atom stereocenters. The highest BCUT2D eigenvalue weighted by Crippen LogP contribution is 2.22. The van der Waals surface area contributed by atoms with Gasteiger partial charge in [-0.3, -0.25) is 9.59 Å². The summed E-state index contributed by atoms with van der Waals surface area (Å²) in [6.07, 6.45) is -0.208. The highest BCUT2D eigenvalue weighted by molar-refractivity contribution is 7.89. The first-order chi connectivity index (χ1) is 13.2. The molecule has 28 heavy (non-hydrogen) atoms. The van der Waals surface area contributed by atoms with E-state index in [1.165, 1.54) is 17.0 Å². The van der Waals surface area contributed by atoms with Crippen molar-refractivity contribution in [3.8, 4) is 0 Å². The van der Waals surface area contributed by atoms with Crippen molar-refractivity contribution in [3.05, 3.63) is 30.1 Å². The van der Waals surface area contributed by atoms with Crippen LogP contribution in [0.2, 0.25) is 0 Å². The van der Waals surface area contributed by atoms with Crippen molar-refractivity contribution < 1.29 is 32.0 Å². The third kappa shape index (κ3) is 5.96. The van der Waals surface area contributed by atoms with Crippen molar-refractivity contribution in [3.63, 3.8) is 0 Å². The lowest BCUT2D eigenvalue weighted by atomic mass is 10.4. The van der Waals surface area contributed by atoms with Crippen LogP contribution in [0.1, 0.15) is 6.42 Å². The molecule has 1 fully saturated rings. The average molecular weight is 417 g/mol. The van der Waals surface area contributed by atoms with Crippen molar-refractivity contribution in [2.75, 3.05) is 46.9 Å². The van der Waals surface area contributed by atoms with Crippen LogP contribution < -0.4 is 15.5 Å². The van der Waals surface area contributed by atoms with Gasteiger partial charge < -0.3 is 20.3 Å². The molecule has 2 rings (SSSR count). The molecule has 156 valence electrons. The molecule has 1 atom stereocenters. The predicted octanol–water partition coefficient (Wildman–Crippen LogP) is -2.06. The SMILES string of the molecule is C[NH+](C)CCCNC(=O)C(=O)NC[C@H]1OCCN1S(=O)(=O)c1ccc(F)cc1. The maximum atomic E-state index is 13.0. The zero-order valence-electron chi connectivity index (χ0n) is 15.9. The van der Waals surface area contributed by atoms with Gasteiger partial charge >= 0.3 is 11.8 Å². The summed E-state index contributed by atoms with van der Waals surface area (Å²) < 4.78 is 44.9. The van der Waals surface area contributed by atoms with Crippen LogP contribution in [-0.2, 0) is 24.3 Å². The summed E-state index contributed by atoms with van der Waals surface area (Å²) in [7, 11) is 0.0649. The number of hydrogen-bond donors (Lipinski definition) is 3. The fraction of sp³-hybridized carbons (Fsp3) is 0.529. The lowest BCUT2D eigenvalue weighted by Gasteiger charge is -2.22. The summed E-state index contributed by atoms with van der Waals surface area (Å²) in [5.41, 5.74) is 0. The number of sulfonamides is 1. The Morgan fingerprint density at radius 3 is 2.50 bits per heavy atom. The third-order valence-electron chi connectivity index (χ3n) is 4.15. The molecule has 1 aliphatic rings. The van der Waals surface area contributed by atoms with Crippen LogP contribution >= 0.6 is 0 Å². The number of carbonyl (C=O) groups excluding carboxylic acids is 2. The number of nitrogens with one attached hydrogen (secondary N) is 3. The van der Waals surface area contributed by atoms with Crippen LogP contribution in [0, 0.1) is 5.82 Å². The second-order valence-corrected chi connectivity index (χ2v) is 8.56. The van der Waals surface area contributed by atoms with E-state index >= 15 is 0 Å². The van der Waals surface area contributed by atoms with Gasteiger partial charge in [0.05, 0.1) is 38.7 Å². The summed E-state index contributed by atoms with van der Waals surface area (Å²) in [5.74, 6) is -2.18. The molecular weight excluding hydrogens is 391 g/mol. The van der Waals surface area contributed by atoms with E-state index in [2.05, 4.69) is 10.6 Å². The molecule has 0 aromatic heterocycles. The zero-order chi connectivity index (χ0) is 20.7. The number of nitrogens with zero attached hydrogens (tertiary/aromatic N) is 1. The van der Waals surface area contributed by atoms with Gasteiger partial charge in [-0.15, -0.1) is 0 Å². The first kappa shape index (κ1) is 22.2. The predicted molar refractivity (Wildman–Crippen MR) is 98.3 cm³/mol. The van der Waals surface area contributed by atoms with Gasteiger partial charge in [0.2, 0.25) is 10.0 Å². The lowest BCUT2D eigenvalue weighted by molar-refractivity contribution is -0.858. The van der Waals surface area contributed by atoms with Gasteiger partial charge in [0.25, 0.3) is 0 Å². The Morgan fingerprint density at radius 2 is 1.86 bits per heavy atom. The van der Waals surface area contributed by atoms with Gasteiger partial charge in [0.1, 0.15) is 12.0 Å². The average Bonchev–Trinajstić information content (AvgIpc) is 3.12. The smallest absolute Gasteiger partial charge is 0.309 e. The molecule has 1 aromatic rings. The van der Waals surface area contributed by atoms with Crippen LogP contribution in [0.4, 0.5) is 4.39 Å². The van der Waals surface area contributed by atoms with Crippen LogP contribution in [0.15, 0.2) is 29.2 Å². The summed E-state index contributed by atoms with van der Waals surface area (Å²) in [6.45, 7) is 1.31. The van der Waals surface area contributed by atoms with Crippen molar-refractivity contribution in [1.82, 2.24) is 14.9 Å². The van der Waals surface area contributed by atoms with Gasteiger partial charge in [0, 0.05) is 19.5 Å². The Morgan fingerprint density at radius 1 is 1.21 bits per heavy atom. The van der Waals surface area contributed by atoms with Crippen LogP contribution in [-0.4, -0.2) is 77.6 Å². The molecule has 0 bridgehead atoms. The first-order valence-electron chi connectivity index (χ1n) is 8.96. The van der Waals surface area contributed by atoms with Gasteiger partial charge in [-0.1, -0.05) is 0 Å². The fourth-order valence-corrected chi connectivity index (χ4v) is 4.18. The van der Waals surface area contributed by atoms with E-state index in [1.54, 1.807) is 0 Å². The molecule has 3 N–H and O–H groups in total. The molecule has 0 aliphatic carbocycles. The monoisotopic (exact) mass is 417 g/mol. The zero-order valence-corrected chi connectivity index (χ0v) is 16.7. The summed E-state index contributed by atoms with van der Waals surface area (Å²) in [6, 6.07) is 4.45. The van der Waals surface area contributed by atoms with Crippen molar-refractivity contribution in [1.29, 1.82) is 0 Å². The molecular formula is C17H26FN4O5S+. The van der Waals surface area contributed by atoms with Crippen molar-refractivity contribution in [2.24, 2.45) is 0 Å². The van der Waals surface area contributed by atoms with Gasteiger partial charge in [-0.25, -0.2) is 12.8 Å². The minimum atomic E-state index is -3.91. The van der Waals surface area contributed by atoms with Gasteiger partial charge in [0.15, 0.2) is 0 Å². The minimum Gasteiger partial charge on any atom is -0.359 e. The largest absolute Gasteiger partial charge is 0.359 e. The summed E-state index contributed by atoms with van der Waals surface area (Å²) in [4.78, 5) is 24.8. The number of ether oxygens (including phenoxy) is 1. The van der Waals surface area contributed by atoms with E-state index in [0.29, 0.717) is 6.54 Å². The first-order valence-corrected chi connectivity index (χ1v) is 10.4. The third-order valence-corrected chi connectivity index (χ3v) is 6.05. The van der Waals surface area contributed by atoms with Crippen molar-refractivity contribution >= 4 is 21.8 Å². The van der Waals surface area contributed by atoms with E-state index in [4.69, 9.17) is 4.74 Å². The lowest BCUT2D eigenvalue weighted by Crippen LogP contribution is -3.05. The van der Waals surface area contributed by atoms with E-state index in [-0.39, 0.29) is 24.6 Å². The number of quaternary nitrogens is 1. The van der Waals surface area contributed by atoms with Gasteiger partial charge in [-0.05, 0) is 24.3 Å². The molecule has 0 radical (unpaired) electrons. The number of hydrogen-bond acceptors (Lipinski definition) is 5.